The molecule has 0 fully saturated rings. The van der Waals surface area contributed by atoms with E-state index in [1.807, 2.05) is 12.1 Å². The van der Waals surface area contributed by atoms with Crippen molar-refractivity contribution in [1.82, 2.24) is 0 Å². The van der Waals surface area contributed by atoms with E-state index in [1.54, 1.807) is 0 Å². The molecule has 0 radical (unpaired) electrons. The summed E-state index contributed by atoms with van der Waals surface area (Å²) in [7, 11) is 0. The van der Waals surface area contributed by atoms with Gasteiger partial charge < -0.3 is 10.5 Å². The zero-order chi connectivity index (χ0) is 10.6. The highest BCUT2D eigenvalue weighted by atomic mass is 16.5. The van der Waals surface area contributed by atoms with Crippen LogP contribution in [0.1, 0.15) is 25.0 Å². The van der Waals surface area contributed by atoms with E-state index >= 15 is 0 Å². The van der Waals surface area contributed by atoms with Gasteiger partial charge in [0.1, 0.15) is 6.23 Å². The van der Waals surface area contributed by atoms with E-state index in [4.69, 9.17) is 10.5 Å². The SMILES string of the molecule is Cc1ccccc1COC(N)C(C)C. The molecule has 1 aromatic rings. The van der Waals surface area contributed by atoms with E-state index in [9.17, 15) is 0 Å². The van der Waals surface area contributed by atoms with Gasteiger partial charge in [-0.1, -0.05) is 38.1 Å². The molecule has 0 aliphatic rings. The summed E-state index contributed by atoms with van der Waals surface area (Å²) < 4.78 is 5.55. The predicted molar refractivity (Wildman–Crippen MR) is 58.8 cm³/mol. The number of hydrogen-bond donors (Lipinski definition) is 1. The van der Waals surface area contributed by atoms with Crippen molar-refractivity contribution in [3.8, 4) is 0 Å². The van der Waals surface area contributed by atoms with Gasteiger partial charge in [-0.15, -0.1) is 0 Å². The molecule has 1 aromatic carbocycles. The smallest absolute Gasteiger partial charge is 0.108 e. The Bertz CT molecular complexity index is 283. The van der Waals surface area contributed by atoms with Crippen molar-refractivity contribution in [2.45, 2.75) is 33.6 Å². The molecule has 2 N–H and O–H groups in total. The molecule has 14 heavy (non-hydrogen) atoms. The number of aryl methyl sites for hydroxylation is 1. The number of hydrogen-bond acceptors (Lipinski definition) is 2. The van der Waals surface area contributed by atoms with Crippen LogP contribution in [0.5, 0.6) is 0 Å². The molecule has 2 nitrogen and oxygen atoms in total. The summed E-state index contributed by atoms with van der Waals surface area (Å²) in [4.78, 5) is 0. The number of ether oxygens (including phenoxy) is 1. The third-order valence-corrected chi connectivity index (χ3v) is 2.35. The van der Waals surface area contributed by atoms with Crippen LogP contribution in [-0.4, -0.2) is 6.23 Å². The summed E-state index contributed by atoms with van der Waals surface area (Å²) in [6.07, 6.45) is -0.172. The fourth-order valence-electron chi connectivity index (χ4n) is 1.15. The van der Waals surface area contributed by atoms with Crippen LogP contribution < -0.4 is 5.73 Å². The minimum absolute atomic E-state index is 0.172. The molecular formula is C12H19NO. The molecule has 0 saturated carbocycles. The normalized spacial score (nSPS) is 13.2. The summed E-state index contributed by atoms with van der Waals surface area (Å²) in [6, 6.07) is 8.20. The lowest BCUT2D eigenvalue weighted by Gasteiger charge is -2.17. The topological polar surface area (TPSA) is 35.2 Å². The van der Waals surface area contributed by atoms with Crippen LogP contribution in [0.3, 0.4) is 0 Å². The Balaban J connectivity index is 2.50. The van der Waals surface area contributed by atoms with E-state index in [-0.39, 0.29) is 6.23 Å². The van der Waals surface area contributed by atoms with Crippen LogP contribution in [0.15, 0.2) is 24.3 Å². The number of rotatable bonds is 4. The van der Waals surface area contributed by atoms with Gasteiger partial charge >= 0.3 is 0 Å². The lowest BCUT2D eigenvalue weighted by atomic mass is 10.1. The maximum Gasteiger partial charge on any atom is 0.108 e. The summed E-state index contributed by atoms with van der Waals surface area (Å²) in [5.41, 5.74) is 8.26. The van der Waals surface area contributed by atoms with E-state index in [0.29, 0.717) is 12.5 Å². The fourth-order valence-corrected chi connectivity index (χ4v) is 1.15. The summed E-state index contributed by atoms with van der Waals surface area (Å²) in [6.45, 7) is 6.80. The standard InChI is InChI=1S/C12H19NO/c1-9(2)12(13)14-8-11-7-5-4-6-10(11)3/h4-7,9,12H,8,13H2,1-3H3. The van der Waals surface area contributed by atoms with Gasteiger partial charge in [-0.05, 0) is 24.0 Å². The Labute approximate surface area is 86.1 Å². The van der Waals surface area contributed by atoms with Crippen LogP contribution in [0, 0.1) is 12.8 Å². The average Bonchev–Trinajstić information content (AvgIpc) is 2.16. The zero-order valence-corrected chi connectivity index (χ0v) is 9.16. The van der Waals surface area contributed by atoms with Crippen molar-refractivity contribution < 1.29 is 4.74 Å². The third kappa shape index (κ3) is 3.13. The Morgan fingerprint density at radius 2 is 1.93 bits per heavy atom. The quantitative estimate of drug-likeness (QED) is 0.745. The van der Waals surface area contributed by atoms with E-state index < -0.39 is 0 Å². The second-order valence-electron chi connectivity index (χ2n) is 3.95. The summed E-state index contributed by atoms with van der Waals surface area (Å²) in [5.74, 6) is 0.360. The Hall–Kier alpha value is -0.860. The molecule has 0 saturated heterocycles. The Morgan fingerprint density at radius 3 is 2.50 bits per heavy atom. The van der Waals surface area contributed by atoms with Gasteiger partial charge in [0.15, 0.2) is 0 Å². The number of benzene rings is 1. The van der Waals surface area contributed by atoms with Gasteiger partial charge in [-0.25, -0.2) is 0 Å². The minimum atomic E-state index is -0.172. The first kappa shape index (κ1) is 11.2. The molecule has 1 rings (SSSR count). The Morgan fingerprint density at radius 1 is 1.29 bits per heavy atom. The first-order valence-corrected chi connectivity index (χ1v) is 5.03. The van der Waals surface area contributed by atoms with Gasteiger partial charge in [0.2, 0.25) is 0 Å². The van der Waals surface area contributed by atoms with Gasteiger partial charge in [0.05, 0.1) is 6.61 Å². The van der Waals surface area contributed by atoms with Crippen LogP contribution in [0.4, 0.5) is 0 Å². The monoisotopic (exact) mass is 193 g/mol. The van der Waals surface area contributed by atoms with Gasteiger partial charge in [0, 0.05) is 0 Å². The molecular weight excluding hydrogens is 174 g/mol. The molecule has 0 bridgehead atoms. The summed E-state index contributed by atoms with van der Waals surface area (Å²) in [5, 5.41) is 0. The first-order valence-electron chi connectivity index (χ1n) is 5.03. The molecule has 0 aliphatic carbocycles. The molecule has 0 spiro atoms. The van der Waals surface area contributed by atoms with Crippen molar-refractivity contribution >= 4 is 0 Å². The third-order valence-electron chi connectivity index (χ3n) is 2.35. The molecule has 2 heteroatoms. The molecule has 78 valence electrons. The van der Waals surface area contributed by atoms with Crippen molar-refractivity contribution in [1.29, 1.82) is 0 Å². The van der Waals surface area contributed by atoms with Crippen molar-refractivity contribution in [3.63, 3.8) is 0 Å². The highest BCUT2D eigenvalue weighted by Gasteiger charge is 2.07. The second kappa shape index (κ2) is 5.13. The maximum atomic E-state index is 5.79. The largest absolute Gasteiger partial charge is 0.359 e. The fraction of sp³-hybridized carbons (Fsp3) is 0.500. The minimum Gasteiger partial charge on any atom is -0.359 e. The van der Waals surface area contributed by atoms with Gasteiger partial charge in [-0.2, -0.15) is 0 Å². The zero-order valence-electron chi connectivity index (χ0n) is 9.16. The molecule has 1 unspecified atom stereocenters. The number of nitrogens with two attached hydrogens (primary N) is 1. The molecule has 0 aliphatic heterocycles. The molecule has 1 atom stereocenters. The van der Waals surface area contributed by atoms with Crippen molar-refractivity contribution in [2.24, 2.45) is 11.7 Å². The molecule has 0 amide bonds. The average molecular weight is 193 g/mol. The van der Waals surface area contributed by atoms with E-state index in [2.05, 4.69) is 32.9 Å². The highest BCUT2D eigenvalue weighted by Crippen LogP contribution is 2.10. The lowest BCUT2D eigenvalue weighted by Crippen LogP contribution is -2.29. The first-order chi connectivity index (χ1) is 6.61. The Kier molecular flexibility index (Phi) is 4.11. The van der Waals surface area contributed by atoms with E-state index in [0.717, 1.165) is 0 Å². The predicted octanol–water partition coefficient (Wildman–Crippen LogP) is 2.45. The highest BCUT2D eigenvalue weighted by molar-refractivity contribution is 5.24. The second-order valence-corrected chi connectivity index (χ2v) is 3.95. The van der Waals surface area contributed by atoms with Crippen LogP contribution >= 0.6 is 0 Å². The van der Waals surface area contributed by atoms with E-state index in [1.165, 1.54) is 11.1 Å². The van der Waals surface area contributed by atoms with Gasteiger partial charge in [0.25, 0.3) is 0 Å². The van der Waals surface area contributed by atoms with Crippen LogP contribution in [0.2, 0.25) is 0 Å². The molecule has 0 aromatic heterocycles. The van der Waals surface area contributed by atoms with Crippen molar-refractivity contribution in [2.75, 3.05) is 0 Å². The van der Waals surface area contributed by atoms with Crippen LogP contribution in [-0.2, 0) is 11.3 Å². The summed E-state index contributed by atoms with van der Waals surface area (Å²) >= 11 is 0. The molecule has 0 heterocycles. The maximum absolute atomic E-state index is 5.79. The lowest BCUT2D eigenvalue weighted by molar-refractivity contribution is 0.0149. The van der Waals surface area contributed by atoms with Gasteiger partial charge in [-0.3, -0.25) is 0 Å². The van der Waals surface area contributed by atoms with Crippen LogP contribution in [0.25, 0.3) is 0 Å². The van der Waals surface area contributed by atoms with Crippen molar-refractivity contribution in [3.05, 3.63) is 35.4 Å².